The Bertz CT molecular complexity index is 139. The van der Waals surface area contributed by atoms with Gasteiger partial charge in [-0.05, 0) is 30.1 Å². The van der Waals surface area contributed by atoms with E-state index in [1.165, 1.54) is 32.1 Å². The van der Waals surface area contributed by atoms with Gasteiger partial charge in [-0.1, -0.05) is 53.4 Å². The summed E-state index contributed by atoms with van der Waals surface area (Å²) in [6.45, 7) is 9.59. The number of hydrogen-bond acceptors (Lipinski definition) is 0. The molecule has 0 radical (unpaired) electrons. The third-order valence-corrected chi connectivity index (χ3v) is 4.35. The Morgan fingerprint density at radius 3 is 1.92 bits per heavy atom. The highest BCUT2D eigenvalue weighted by atomic mass is 14.4. The molecule has 0 saturated heterocycles. The number of rotatable bonds is 3. The maximum absolute atomic E-state index is 2.46. The van der Waals surface area contributed by atoms with Crippen molar-refractivity contribution in [2.75, 3.05) is 0 Å². The second kappa shape index (κ2) is 5.02. The van der Waals surface area contributed by atoms with Crippen molar-refractivity contribution in [2.24, 2.45) is 23.7 Å². The molecule has 1 saturated carbocycles. The van der Waals surface area contributed by atoms with Crippen LogP contribution >= 0.6 is 0 Å². The minimum atomic E-state index is 0.984. The summed E-state index contributed by atoms with van der Waals surface area (Å²) in [7, 11) is 0. The Morgan fingerprint density at radius 2 is 1.46 bits per heavy atom. The van der Waals surface area contributed by atoms with E-state index in [1.54, 1.807) is 0 Å². The molecule has 0 aromatic heterocycles. The fourth-order valence-corrected chi connectivity index (χ4v) is 3.52. The van der Waals surface area contributed by atoms with Gasteiger partial charge in [0.15, 0.2) is 0 Å². The molecule has 0 aromatic rings. The van der Waals surface area contributed by atoms with Crippen molar-refractivity contribution in [1.29, 1.82) is 0 Å². The fraction of sp³-hybridized carbons (Fsp3) is 1.00. The zero-order valence-corrected chi connectivity index (χ0v) is 9.84. The second-order valence-electron chi connectivity index (χ2n) is 4.87. The van der Waals surface area contributed by atoms with Crippen LogP contribution in [-0.2, 0) is 0 Å². The van der Waals surface area contributed by atoms with Gasteiger partial charge in [-0.2, -0.15) is 0 Å². The molecule has 1 aliphatic carbocycles. The van der Waals surface area contributed by atoms with Crippen LogP contribution in [0.5, 0.6) is 0 Å². The Hall–Kier alpha value is 0. The minimum absolute atomic E-state index is 0.984. The van der Waals surface area contributed by atoms with Crippen LogP contribution in [0.4, 0.5) is 0 Å². The van der Waals surface area contributed by atoms with Gasteiger partial charge in [-0.25, -0.2) is 0 Å². The summed E-state index contributed by atoms with van der Waals surface area (Å²) in [5, 5.41) is 0. The lowest BCUT2D eigenvalue weighted by molar-refractivity contribution is 0.0885. The van der Waals surface area contributed by atoms with Crippen molar-refractivity contribution in [3.63, 3.8) is 0 Å². The van der Waals surface area contributed by atoms with Crippen LogP contribution < -0.4 is 0 Å². The molecule has 0 spiro atoms. The molecular formula is C13H26. The van der Waals surface area contributed by atoms with E-state index < -0.39 is 0 Å². The van der Waals surface area contributed by atoms with E-state index in [2.05, 4.69) is 27.7 Å². The molecule has 13 heavy (non-hydrogen) atoms. The molecule has 1 rings (SSSR count). The summed E-state index contributed by atoms with van der Waals surface area (Å²) in [5.41, 5.74) is 0. The summed E-state index contributed by atoms with van der Waals surface area (Å²) in [5.74, 6) is 4.06. The largest absolute Gasteiger partial charge is 0.0651 e. The summed E-state index contributed by atoms with van der Waals surface area (Å²) in [6.07, 6.45) is 7.18. The number of hydrogen-bond donors (Lipinski definition) is 0. The maximum Gasteiger partial charge on any atom is -0.0358 e. The average Bonchev–Trinajstić information content (AvgIpc) is 2.17. The lowest BCUT2D eigenvalue weighted by Gasteiger charge is -2.41. The van der Waals surface area contributed by atoms with Crippen LogP contribution in [0.15, 0.2) is 0 Å². The van der Waals surface area contributed by atoms with Crippen molar-refractivity contribution >= 4 is 0 Å². The monoisotopic (exact) mass is 182 g/mol. The molecule has 1 aliphatic rings. The van der Waals surface area contributed by atoms with E-state index in [1.807, 2.05) is 0 Å². The van der Waals surface area contributed by atoms with Crippen LogP contribution in [0, 0.1) is 23.7 Å². The molecule has 4 atom stereocenters. The predicted molar refractivity (Wildman–Crippen MR) is 59.7 cm³/mol. The van der Waals surface area contributed by atoms with Gasteiger partial charge in [0, 0.05) is 0 Å². The third kappa shape index (κ3) is 2.27. The Kier molecular flexibility index (Phi) is 4.28. The molecule has 0 aliphatic heterocycles. The molecular weight excluding hydrogens is 156 g/mol. The van der Waals surface area contributed by atoms with E-state index in [0.29, 0.717) is 0 Å². The lowest BCUT2D eigenvalue weighted by atomic mass is 9.64. The first kappa shape index (κ1) is 11.1. The molecule has 78 valence electrons. The van der Waals surface area contributed by atoms with E-state index in [-0.39, 0.29) is 0 Å². The highest BCUT2D eigenvalue weighted by molar-refractivity contribution is 4.83. The minimum Gasteiger partial charge on any atom is -0.0651 e. The molecule has 0 aromatic carbocycles. The van der Waals surface area contributed by atoms with Crippen molar-refractivity contribution < 1.29 is 0 Å². The molecule has 0 nitrogen and oxygen atoms in total. The molecule has 0 amide bonds. The smallest absolute Gasteiger partial charge is 0.0358 e. The van der Waals surface area contributed by atoms with Crippen molar-refractivity contribution in [2.45, 2.75) is 59.8 Å². The average molecular weight is 182 g/mol. The van der Waals surface area contributed by atoms with Crippen LogP contribution in [0.2, 0.25) is 0 Å². The van der Waals surface area contributed by atoms with E-state index in [4.69, 9.17) is 0 Å². The van der Waals surface area contributed by atoms with Crippen molar-refractivity contribution in [3.8, 4) is 0 Å². The maximum atomic E-state index is 2.46. The highest BCUT2D eigenvalue weighted by Crippen LogP contribution is 2.43. The summed E-state index contributed by atoms with van der Waals surface area (Å²) in [6, 6.07) is 0. The van der Waals surface area contributed by atoms with Gasteiger partial charge in [0.2, 0.25) is 0 Å². The van der Waals surface area contributed by atoms with Crippen molar-refractivity contribution in [1.82, 2.24) is 0 Å². The molecule has 0 bridgehead atoms. The summed E-state index contributed by atoms with van der Waals surface area (Å²) < 4.78 is 0. The summed E-state index contributed by atoms with van der Waals surface area (Å²) >= 11 is 0. The Morgan fingerprint density at radius 1 is 0.846 bits per heavy atom. The second-order valence-corrected chi connectivity index (χ2v) is 4.87. The van der Waals surface area contributed by atoms with Crippen LogP contribution in [0.1, 0.15) is 59.8 Å². The van der Waals surface area contributed by atoms with Gasteiger partial charge in [-0.15, -0.1) is 0 Å². The Labute approximate surface area is 84.1 Å². The third-order valence-electron chi connectivity index (χ3n) is 4.35. The van der Waals surface area contributed by atoms with Crippen LogP contribution in [-0.4, -0.2) is 0 Å². The van der Waals surface area contributed by atoms with E-state index in [9.17, 15) is 0 Å². The standard InChI is InChI=1S/C13H26/c1-5-11-9-8-10(4)12(6-2)13(11)7-3/h10-13H,5-9H2,1-4H3. The highest BCUT2D eigenvalue weighted by Gasteiger charge is 2.33. The molecule has 0 heteroatoms. The first-order valence-electron chi connectivity index (χ1n) is 6.24. The predicted octanol–water partition coefficient (Wildman–Crippen LogP) is 4.49. The normalized spacial score (nSPS) is 40.6. The molecule has 4 unspecified atom stereocenters. The van der Waals surface area contributed by atoms with Gasteiger partial charge >= 0.3 is 0 Å². The van der Waals surface area contributed by atoms with E-state index >= 15 is 0 Å². The van der Waals surface area contributed by atoms with E-state index in [0.717, 1.165) is 23.7 Å². The quantitative estimate of drug-likeness (QED) is 0.603. The summed E-state index contributed by atoms with van der Waals surface area (Å²) in [4.78, 5) is 0. The fourth-order valence-electron chi connectivity index (χ4n) is 3.52. The zero-order valence-electron chi connectivity index (χ0n) is 9.84. The zero-order chi connectivity index (χ0) is 9.84. The lowest BCUT2D eigenvalue weighted by Crippen LogP contribution is -2.32. The van der Waals surface area contributed by atoms with Crippen LogP contribution in [0.3, 0.4) is 0 Å². The molecule has 0 heterocycles. The van der Waals surface area contributed by atoms with Gasteiger partial charge in [-0.3, -0.25) is 0 Å². The topological polar surface area (TPSA) is 0 Å². The van der Waals surface area contributed by atoms with Crippen LogP contribution in [0.25, 0.3) is 0 Å². The van der Waals surface area contributed by atoms with Gasteiger partial charge in [0.1, 0.15) is 0 Å². The Balaban J connectivity index is 2.64. The van der Waals surface area contributed by atoms with Gasteiger partial charge in [0.25, 0.3) is 0 Å². The first-order valence-corrected chi connectivity index (χ1v) is 6.24. The van der Waals surface area contributed by atoms with Gasteiger partial charge < -0.3 is 0 Å². The SMILES string of the molecule is CCC1CCC(C)C(CC)C1CC. The molecule has 0 N–H and O–H groups in total. The van der Waals surface area contributed by atoms with Crippen molar-refractivity contribution in [3.05, 3.63) is 0 Å². The molecule has 1 fully saturated rings. The first-order chi connectivity index (χ1) is 6.24. The van der Waals surface area contributed by atoms with Gasteiger partial charge in [0.05, 0.1) is 0 Å².